The summed E-state index contributed by atoms with van der Waals surface area (Å²) < 4.78 is 0. The van der Waals surface area contributed by atoms with Crippen molar-refractivity contribution in [2.75, 3.05) is 19.6 Å². The van der Waals surface area contributed by atoms with Gasteiger partial charge in [-0.3, -0.25) is 9.69 Å². The van der Waals surface area contributed by atoms with E-state index in [1.54, 1.807) is 0 Å². The minimum atomic E-state index is 0.160. The molecule has 1 heterocycles. The van der Waals surface area contributed by atoms with Crippen LogP contribution in [-0.2, 0) is 4.79 Å². The summed E-state index contributed by atoms with van der Waals surface area (Å²) in [6.45, 7) is 5.14. The third-order valence-corrected chi connectivity index (χ3v) is 5.76. The lowest BCUT2D eigenvalue weighted by Crippen LogP contribution is -2.40. The second-order valence-electron chi connectivity index (χ2n) is 7.25. The molecule has 1 amide bonds. The number of benzene rings is 1. The van der Waals surface area contributed by atoms with Crippen molar-refractivity contribution in [2.45, 2.75) is 51.5 Å². The molecule has 0 aromatic heterocycles. The standard InChI is InChI=1S/C20H30N2O/c1-16(17-9-5-6-10-17)20(23)21-15-19(22-13-7-8-14-22)18-11-3-2-4-12-18/h2-4,11-12,16-17,19H,5-10,13-15H2,1H3,(H,21,23). The third kappa shape index (κ3) is 4.14. The molecule has 1 aliphatic carbocycles. The van der Waals surface area contributed by atoms with E-state index in [4.69, 9.17) is 0 Å². The lowest BCUT2D eigenvalue weighted by Gasteiger charge is -2.29. The zero-order valence-corrected chi connectivity index (χ0v) is 14.3. The average Bonchev–Trinajstić information content (AvgIpc) is 3.29. The van der Waals surface area contributed by atoms with Crippen molar-refractivity contribution < 1.29 is 4.79 Å². The lowest BCUT2D eigenvalue weighted by molar-refractivity contribution is -0.126. The topological polar surface area (TPSA) is 32.3 Å². The molecule has 3 rings (SSSR count). The molecule has 0 radical (unpaired) electrons. The fourth-order valence-electron chi connectivity index (χ4n) is 4.22. The van der Waals surface area contributed by atoms with Gasteiger partial charge in [-0.25, -0.2) is 0 Å². The van der Waals surface area contributed by atoms with Crippen LogP contribution in [0.4, 0.5) is 0 Å². The van der Waals surface area contributed by atoms with E-state index in [9.17, 15) is 4.79 Å². The van der Waals surface area contributed by atoms with Crippen LogP contribution < -0.4 is 5.32 Å². The molecular weight excluding hydrogens is 284 g/mol. The normalized spacial score (nSPS) is 22.1. The molecule has 1 saturated heterocycles. The summed E-state index contributed by atoms with van der Waals surface area (Å²) in [4.78, 5) is 15.1. The number of amides is 1. The SMILES string of the molecule is CC(C(=O)NCC(c1ccccc1)N1CCCC1)C1CCCC1. The largest absolute Gasteiger partial charge is 0.354 e. The van der Waals surface area contributed by atoms with Crippen LogP contribution >= 0.6 is 0 Å². The maximum atomic E-state index is 12.6. The predicted octanol–water partition coefficient (Wildman–Crippen LogP) is 3.77. The van der Waals surface area contributed by atoms with Crippen LogP contribution in [0.25, 0.3) is 0 Å². The zero-order chi connectivity index (χ0) is 16.1. The van der Waals surface area contributed by atoms with E-state index in [0.29, 0.717) is 12.0 Å². The van der Waals surface area contributed by atoms with Gasteiger partial charge < -0.3 is 5.32 Å². The fraction of sp³-hybridized carbons (Fsp3) is 0.650. The summed E-state index contributed by atoms with van der Waals surface area (Å²) in [5, 5.41) is 3.25. The van der Waals surface area contributed by atoms with E-state index < -0.39 is 0 Å². The Morgan fingerprint density at radius 2 is 1.78 bits per heavy atom. The van der Waals surface area contributed by atoms with Gasteiger partial charge in [-0.1, -0.05) is 50.1 Å². The first-order chi connectivity index (χ1) is 11.3. The second-order valence-corrected chi connectivity index (χ2v) is 7.25. The highest BCUT2D eigenvalue weighted by atomic mass is 16.1. The molecule has 0 spiro atoms. The summed E-state index contributed by atoms with van der Waals surface area (Å²) in [7, 11) is 0. The molecule has 1 aromatic rings. The van der Waals surface area contributed by atoms with Crippen LogP contribution in [-0.4, -0.2) is 30.4 Å². The number of nitrogens with zero attached hydrogens (tertiary/aromatic N) is 1. The van der Waals surface area contributed by atoms with Crippen LogP contribution in [0.5, 0.6) is 0 Å². The van der Waals surface area contributed by atoms with Crippen molar-refractivity contribution in [3.63, 3.8) is 0 Å². The van der Waals surface area contributed by atoms with Gasteiger partial charge in [0.15, 0.2) is 0 Å². The maximum Gasteiger partial charge on any atom is 0.223 e. The Kier molecular flexibility index (Phi) is 5.71. The number of carbonyl (C=O) groups excluding carboxylic acids is 1. The van der Waals surface area contributed by atoms with Gasteiger partial charge in [0.2, 0.25) is 5.91 Å². The second kappa shape index (κ2) is 7.96. The molecule has 3 nitrogen and oxygen atoms in total. The quantitative estimate of drug-likeness (QED) is 0.867. The third-order valence-electron chi connectivity index (χ3n) is 5.76. The van der Waals surface area contributed by atoms with Crippen molar-refractivity contribution in [3.8, 4) is 0 Å². The number of hydrogen-bond acceptors (Lipinski definition) is 2. The molecule has 1 N–H and O–H groups in total. The fourth-order valence-corrected chi connectivity index (χ4v) is 4.22. The van der Waals surface area contributed by atoms with Crippen molar-refractivity contribution in [3.05, 3.63) is 35.9 Å². The van der Waals surface area contributed by atoms with E-state index in [-0.39, 0.29) is 11.8 Å². The minimum absolute atomic E-state index is 0.160. The Labute approximate surface area is 140 Å². The summed E-state index contributed by atoms with van der Waals surface area (Å²) in [5.74, 6) is 1.00. The van der Waals surface area contributed by atoms with Gasteiger partial charge in [0.1, 0.15) is 0 Å². The van der Waals surface area contributed by atoms with Gasteiger partial charge in [0.25, 0.3) is 0 Å². The highest BCUT2D eigenvalue weighted by molar-refractivity contribution is 5.78. The predicted molar refractivity (Wildman–Crippen MR) is 94.1 cm³/mol. The van der Waals surface area contributed by atoms with E-state index in [1.165, 1.54) is 44.1 Å². The summed E-state index contributed by atoms with van der Waals surface area (Å²) in [5.41, 5.74) is 1.32. The van der Waals surface area contributed by atoms with Gasteiger partial charge >= 0.3 is 0 Å². The molecule has 1 aromatic carbocycles. The lowest BCUT2D eigenvalue weighted by atomic mass is 9.92. The highest BCUT2D eigenvalue weighted by Crippen LogP contribution is 2.31. The van der Waals surface area contributed by atoms with Gasteiger partial charge in [-0.2, -0.15) is 0 Å². The molecule has 23 heavy (non-hydrogen) atoms. The number of likely N-dealkylation sites (tertiary alicyclic amines) is 1. The molecule has 2 atom stereocenters. The molecule has 1 aliphatic heterocycles. The summed E-state index contributed by atoms with van der Waals surface area (Å²) in [6.07, 6.45) is 7.59. The highest BCUT2D eigenvalue weighted by Gasteiger charge is 2.28. The number of nitrogens with one attached hydrogen (secondary N) is 1. The maximum absolute atomic E-state index is 12.6. The van der Waals surface area contributed by atoms with E-state index in [2.05, 4.69) is 47.5 Å². The first kappa shape index (κ1) is 16.5. The Morgan fingerprint density at radius 3 is 2.43 bits per heavy atom. The molecule has 126 valence electrons. The van der Waals surface area contributed by atoms with Crippen LogP contribution in [0.15, 0.2) is 30.3 Å². The van der Waals surface area contributed by atoms with Crippen LogP contribution in [0, 0.1) is 11.8 Å². The van der Waals surface area contributed by atoms with Crippen molar-refractivity contribution in [2.24, 2.45) is 11.8 Å². The molecule has 2 fully saturated rings. The van der Waals surface area contributed by atoms with Crippen LogP contribution in [0.1, 0.15) is 57.1 Å². The van der Waals surface area contributed by atoms with Crippen molar-refractivity contribution in [1.82, 2.24) is 10.2 Å². The van der Waals surface area contributed by atoms with Gasteiger partial charge in [-0.15, -0.1) is 0 Å². The molecule has 2 unspecified atom stereocenters. The number of carbonyl (C=O) groups is 1. The van der Waals surface area contributed by atoms with Crippen LogP contribution in [0.2, 0.25) is 0 Å². The van der Waals surface area contributed by atoms with Crippen LogP contribution in [0.3, 0.4) is 0 Å². The monoisotopic (exact) mass is 314 g/mol. The number of rotatable bonds is 6. The smallest absolute Gasteiger partial charge is 0.223 e. The Bertz CT molecular complexity index is 490. The summed E-state index contributed by atoms with van der Waals surface area (Å²) in [6, 6.07) is 11.0. The molecule has 3 heteroatoms. The Balaban J connectivity index is 1.60. The van der Waals surface area contributed by atoms with Crippen molar-refractivity contribution >= 4 is 5.91 Å². The Hall–Kier alpha value is -1.35. The Morgan fingerprint density at radius 1 is 1.13 bits per heavy atom. The molecule has 2 aliphatic rings. The van der Waals surface area contributed by atoms with E-state index in [1.807, 2.05) is 0 Å². The zero-order valence-electron chi connectivity index (χ0n) is 14.3. The number of hydrogen-bond donors (Lipinski definition) is 1. The molecular formula is C20H30N2O. The summed E-state index contributed by atoms with van der Waals surface area (Å²) >= 11 is 0. The molecule has 0 bridgehead atoms. The van der Waals surface area contributed by atoms with E-state index in [0.717, 1.165) is 19.6 Å². The first-order valence-electron chi connectivity index (χ1n) is 9.32. The molecule has 1 saturated carbocycles. The van der Waals surface area contributed by atoms with Crippen molar-refractivity contribution in [1.29, 1.82) is 0 Å². The first-order valence-corrected chi connectivity index (χ1v) is 9.32. The minimum Gasteiger partial charge on any atom is -0.354 e. The van der Waals surface area contributed by atoms with Gasteiger partial charge in [0, 0.05) is 12.5 Å². The van der Waals surface area contributed by atoms with Gasteiger partial charge in [-0.05, 0) is 50.3 Å². The van der Waals surface area contributed by atoms with Gasteiger partial charge in [0.05, 0.1) is 6.04 Å². The van der Waals surface area contributed by atoms with E-state index >= 15 is 0 Å². The average molecular weight is 314 g/mol.